The first-order chi connectivity index (χ1) is 10.2. The molecule has 0 aliphatic rings. The third-order valence-corrected chi connectivity index (χ3v) is 3.77. The van der Waals surface area contributed by atoms with Gasteiger partial charge in [0.2, 0.25) is 0 Å². The number of carbonyl (C=O) groups excluding carboxylic acids is 1. The van der Waals surface area contributed by atoms with Gasteiger partial charge in [-0.05, 0) is 23.3 Å². The van der Waals surface area contributed by atoms with Gasteiger partial charge in [-0.15, -0.1) is 0 Å². The highest BCUT2D eigenvalue weighted by molar-refractivity contribution is 9.08. The van der Waals surface area contributed by atoms with Crippen LogP contribution in [0.4, 0.5) is 0 Å². The SMILES string of the molecule is N#CCN(Cc1ccccc1)C(=O)c1ccc(CBr)cc1. The van der Waals surface area contributed by atoms with Gasteiger partial charge in [-0.25, -0.2) is 0 Å². The highest BCUT2D eigenvalue weighted by Gasteiger charge is 2.15. The molecule has 0 saturated heterocycles. The minimum absolute atomic E-state index is 0.0773. The molecule has 2 aromatic rings. The molecule has 0 saturated carbocycles. The van der Waals surface area contributed by atoms with Gasteiger partial charge in [-0.2, -0.15) is 5.26 Å². The van der Waals surface area contributed by atoms with Crippen molar-refractivity contribution in [2.24, 2.45) is 0 Å². The molecule has 4 heteroatoms. The van der Waals surface area contributed by atoms with E-state index in [0.717, 1.165) is 16.5 Å². The van der Waals surface area contributed by atoms with E-state index in [9.17, 15) is 4.79 Å². The molecule has 0 aromatic heterocycles. The maximum absolute atomic E-state index is 12.5. The van der Waals surface area contributed by atoms with Crippen LogP contribution in [0, 0.1) is 11.3 Å². The number of hydrogen-bond acceptors (Lipinski definition) is 2. The van der Waals surface area contributed by atoms with Crippen LogP contribution in [0.2, 0.25) is 0 Å². The van der Waals surface area contributed by atoms with Crippen LogP contribution in [0.5, 0.6) is 0 Å². The average molecular weight is 343 g/mol. The van der Waals surface area contributed by atoms with Crippen LogP contribution in [0.25, 0.3) is 0 Å². The van der Waals surface area contributed by atoms with Crippen molar-refractivity contribution in [3.63, 3.8) is 0 Å². The van der Waals surface area contributed by atoms with Gasteiger partial charge in [-0.1, -0.05) is 58.4 Å². The van der Waals surface area contributed by atoms with Gasteiger partial charge in [0, 0.05) is 17.4 Å². The minimum atomic E-state index is -0.124. The zero-order valence-electron chi connectivity index (χ0n) is 11.5. The van der Waals surface area contributed by atoms with Crippen LogP contribution in [0.15, 0.2) is 54.6 Å². The highest BCUT2D eigenvalue weighted by atomic mass is 79.9. The molecule has 21 heavy (non-hydrogen) atoms. The Hall–Kier alpha value is -2.12. The summed E-state index contributed by atoms with van der Waals surface area (Å²) in [5, 5.41) is 9.70. The van der Waals surface area contributed by atoms with Crippen LogP contribution in [0.3, 0.4) is 0 Å². The quantitative estimate of drug-likeness (QED) is 0.613. The lowest BCUT2D eigenvalue weighted by atomic mass is 10.1. The first-order valence-electron chi connectivity index (χ1n) is 6.59. The molecule has 0 atom stereocenters. The lowest BCUT2D eigenvalue weighted by Crippen LogP contribution is -2.30. The van der Waals surface area contributed by atoms with Gasteiger partial charge < -0.3 is 4.90 Å². The molecule has 106 valence electrons. The van der Waals surface area contributed by atoms with Crippen molar-refractivity contribution in [1.82, 2.24) is 4.90 Å². The Kier molecular flexibility index (Phi) is 5.53. The molecule has 1 amide bonds. The molecule has 0 fully saturated rings. The number of nitrogens with zero attached hydrogens (tertiary/aromatic N) is 2. The van der Waals surface area contributed by atoms with Gasteiger partial charge in [0.05, 0.1) is 6.07 Å². The average Bonchev–Trinajstić information content (AvgIpc) is 2.55. The molecule has 0 spiro atoms. The third-order valence-electron chi connectivity index (χ3n) is 3.12. The highest BCUT2D eigenvalue weighted by Crippen LogP contribution is 2.12. The number of nitriles is 1. The molecule has 2 rings (SSSR count). The summed E-state index contributed by atoms with van der Waals surface area (Å²) in [7, 11) is 0. The van der Waals surface area contributed by atoms with Gasteiger partial charge >= 0.3 is 0 Å². The Bertz CT molecular complexity index is 632. The van der Waals surface area contributed by atoms with Crippen LogP contribution in [-0.4, -0.2) is 17.4 Å². The zero-order valence-corrected chi connectivity index (χ0v) is 13.1. The Morgan fingerprint density at radius 2 is 1.71 bits per heavy atom. The topological polar surface area (TPSA) is 44.1 Å². The van der Waals surface area contributed by atoms with Gasteiger partial charge in [-0.3, -0.25) is 4.79 Å². The van der Waals surface area contributed by atoms with Crippen molar-refractivity contribution in [1.29, 1.82) is 5.26 Å². The maximum atomic E-state index is 12.5. The molecular weight excluding hydrogens is 328 g/mol. The summed E-state index contributed by atoms with van der Waals surface area (Å²) in [6, 6.07) is 19.2. The maximum Gasteiger partial charge on any atom is 0.255 e. The standard InChI is InChI=1S/C17H15BrN2O/c18-12-14-6-8-16(9-7-14)17(21)20(11-10-19)13-15-4-2-1-3-5-15/h1-9H,11-13H2. The van der Waals surface area contributed by atoms with Crippen molar-refractivity contribution in [2.75, 3.05) is 6.54 Å². The minimum Gasteiger partial charge on any atom is -0.321 e. The van der Waals surface area contributed by atoms with E-state index in [0.29, 0.717) is 12.1 Å². The number of halogens is 1. The number of alkyl halides is 1. The molecule has 0 unspecified atom stereocenters. The normalized spacial score (nSPS) is 9.90. The second kappa shape index (κ2) is 7.61. The Labute approximate surface area is 132 Å². The lowest BCUT2D eigenvalue weighted by Gasteiger charge is -2.20. The predicted molar refractivity (Wildman–Crippen MR) is 85.9 cm³/mol. The van der Waals surface area contributed by atoms with E-state index in [1.54, 1.807) is 17.0 Å². The largest absolute Gasteiger partial charge is 0.321 e. The van der Waals surface area contributed by atoms with E-state index in [4.69, 9.17) is 5.26 Å². The Morgan fingerprint density at radius 1 is 1.05 bits per heavy atom. The summed E-state index contributed by atoms with van der Waals surface area (Å²) >= 11 is 3.38. The van der Waals surface area contributed by atoms with Gasteiger partial charge in [0.25, 0.3) is 5.91 Å². The smallest absolute Gasteiger partial charge is 0.255 e. The van der Waals surface area contributed by atoms with E-state index in [-0.39, 0.29) is 12.5 Å². The molecule has 0 N–H and O–H groups in total. The number of amides is 1. The molecule has 3 nitrogen and oxygen atoms in total. The summed E-state index contributed by atoms with van der Waals surface area (Å²) in [4.78, 5) is 14.1. The summed E-state index contributed by atoms with van der Waals surface area (Å²) in [5.41, 5.74) is 2.73. The van der Waals surface area contributed by atoms with E-state index in [2.05, 4.69) is 22.0 Å². The fourth-order valence-corrected chi connectivity index (χ4v) is 2.38. The first-order valence-corrected chi connectivity index (χ1v) is 7.72. The number of hydrogen-bond donors (Lipinski definition) is 0. The van der Waals surface area contributed by atoms with Crippen molar-refractivity contribution in [3.8, 4) is 6.07 Å². The number of benzene rings is 2. The number of rotatable bonds is 5. The zero-order chi connectivity index (χ0) is 15.1. The van der Waals surface area contributed by atoms with E-state index in [1.165, 1.54) is 0 Å². The van der Waals surface area contributed by atoms with Crippen LogP contribution in [0.1, 0.15) is 21.5 Å². The molecule has 0 heterocycles. The second-order valence-electron chi connectivity index (χ2n) is 4.64. The van der Waals surface area contributed by atoms with Crippen molar-refractivity contribution >= 4 is 21.8 Å². The summed E-state index contributed by atoms with van der Waals surface area (Å²) in [5.74, 6) is -0.124. The van der Waals surface area contributed by atoms with E-state index >= 15 is 0 Å². The molecular formula is C17H15BrN2O. The molecule has 2 aromatic carbocycles. The van der Waals surface area contributed by atoms with Crippen LogP contribution in [-0.2, 0) is 11.9 Å². The van der Waals surface area contributed by atoms with Gasteiger partial charge in [0.15, 0.2) is 0 Å². The second-order valence-corrected chi connectivity index (χ2v) is 5.20. The summed E-state index contributed by atoms with van der Waals surface area (Å²) in [6.45, 7) is 0.515. The fourth-order valence-electron chi connectivity index (χ4n) is 2.01. The fraction of sp³-hybridized carbons (Fsp3) is 0.176. The predicted octanol–water partition coefficient (Wildman–Crippen LogP) is 3.75. The van der Waals surface area contributed by atoms with Crippen molar-refractivity contribution in [3.05, 3.63) is 71.3 Å². The molecule has 0 bridgehead atoms. The van der Waals surface area contributed by atoms with E-state index < -0.39 is 0 Å². The summed E-state index contributed by atoms with van der Waals surface area (Å²) in [6.07, 6.45) is 0. The van der Waals surface area contributed by atoms with Gasteiger partial charge in [0.1, 0.15) is 6.54 Å². The number of carbonyl (C=O) groups is 1. The molecule has 0 radical (unpaired) electrons. The van der Waals surface area contributed by atoms with Crippen LogP contribution >= 0.6 is 15.9 Å². The first kappa shape index (κ1) is 15.3. The Balaban J connectivity index is 2.16. The molecule has 0 aliphatic heterocycles. The summed E-state index contributed by atoms with van der Waals surface area (Å²) < 4.78 is 0. The Morgan fingerprint density at radius 3 is 2.29 bits per heavy atom. The third kappa shape index (κ3) is 4.17. The van der Waals surface area contributed by atoms with Crippen LogP contribution < -0.4 is 0 Å². The van der Waals surface area contributed by atoms with Crippen molar-refractivity contribution < 1.29 is 4.79 Å². The monoisotopic (exact) mass is 342 g/mol. The lowest BCUT2D eigenvalue weighted by molar-refractivity contribution is 0.0765. The van der Waals surface area contributed by atoms with Crippen molar-refractivity contribution in [2.45, 2.75) is 11.9 Å². The molecule has 0 aliphatic carbocycles. The van der Waals surface area contributed by atoms with E-state index in [1.807, 2.05) is 42.5 Å².